The summed E-state index contributed by atoms with van der Waals surface area (Å²) in [6.07, 6.45) is 0. The van der Waals surface area contributed by atoms with Gasteiger partial charge in [0.05, 0.1) is 23.2 Å². The second kappa shape index (κ2) is 11.0. The van der Waals surface area contributed by atoms with E-state index in [4.69, 9.17) is 16.9 Å². The van der Waals surface area contributed by atoms with Crippen LogP contribution in [0.3, 0.4) is 0 Å². The monoisotopic (exact) mass is 449 g/mol. The Morgan fingerprint density at radius 3 is 2.42 bits per heavy atom. The lowest BCUT2D eigenvalue weighted by atomic mass is 10.1. The molecule has 0 aliphatic rings. The van der Waals surface area contributed by atoms with Gasteiger partial charge in [0.1, 0.15) is 0 Å². The molecule has 4 nitrogen and oxygen atoms in total. The molecule has 0 spiro atoms. The van der Waals surface area contributed by atoms with E-state index in [-0.39, 0.29) is 11.9 Å². The molecular weight excluding hydrogens is 426 g/mol. The molecule has 3 aromatic rings. The molecule has 0 aliphatic heterocycles. The maximum Gasteiger partial charge on any atom is 0.252 e. The van der Waals surface area contributed by atoms with Gasteiger partial charge in [-0.15, -0.1) is 11.8 Å². The Labute approximate surface area is 192 Å². The van der Waals surface area contributed by atoms with Crippen LogP contribution in [0.5, 0.6) is 0 Å². The maximum absolute atomic E-state index is 13.0. The minimum absolute atomic E-state index is 0.0314. The quantitative estimate of drug-likeness (QED) is 0.459. The van der Waals surface area contributed by atoms with E-state index < -0.39 is 0 Å². The molecule has 6 heteroatoms. The number of amides is 1. The normalized spacial score (nSPS) is 11.7. The number of rotatable bonds is 8. The number of halogens is 1. The van der Waals surface area contributed by atoms with Crippen LogP contribution in [0, 0.1) is 11.3 Å². The Kier molecular flexibility index (Phi) is 8.13. The van der Waals surface area contributed by atoms with Gasteiger partial charge in [0.25, 0.3) is 5.91 Å². The van der Waals surface area contributed by atoms with Gasteiger partial charge in [-0.3, -0.25) is 4.79 Å². The second-order valence-electron chi connectivity index (χ2n) is 7.30. The summed E-state index contributed by atoms with van der Waals surface area (Å²) in [7, 11) is 3.95. The van der Waals surface area contributed by atoms with Gasteiger partial charge in [-0.2, -0.15) is 5.26 Å². The molecule has 158 valence electrons. The summed E-state index contributed by atoms with van der Waals surface area (Å²) in [6, 6.07) is 24.9. The highest BCUT2D eigenvalue weighted by Gasteiger charge is 2.19. The van der Waals surface area contributed by atoms with Crippen molar-refractivity contribution in [2.24, 2.45) is 0 Å². The fraction of sp³-hybridized carbons (Fsp3) is 0.200. The number of nitrogens with zero attached hydrogens (tertiary/aromatic N) is 2. The number of nitriles is 1. The van der Waals surface area contributed by atoms with Gasteiger partial charge >= 0.3 is 0 Å². The Bertz CT molecular complexity index is 1080. The van der Waals surface area contributed by atoms with Gasteiger partial charge in [-0.05, 0) is 55.6 Å². The number of hydrogen-bond acceptors (Lipinski definition) is 4. The highest BCUT2D eigenvalue weighted by molar-refractivity contribution is 7.98. The molecule has 1 N–H and O–H groups in total. The van der Waals surface area contributed by atoms with E-state index in [0.29, 0.717) is 22.7 Å². The highest BCUT2D eigenvalue weighted by Crippen LogP contribution is 2.28. The third-order valence-electron chi connectivity index (χ3n) is 4.95. The predicted octanol–water partition coefficient (Wildman–Crippen LogP) is 5.54. The van der Waals surface area contributed by atoms with E-state index in [9.17, 15) is 4.79 Å². The third-order valence-corrected chi connectivity index (χ3v) is 6.44. The van der Waals surface area contributed by atoms with E-state index in [2.05, 4.69) is 11.4 Å². The summed E-state index contributed by atoms with van der Waals surface area (Å²) in [5, 5.41) is 12.7. The van der Waals surface area contributed by atoms with Gasteiger partial charge in [0, 0.05) is 22.2 Å². The number of likely N-dealkylation sites (N-methyl/N-ethyl adjacent to an activating group) is 1. The van der Waals surface area contributed by atoms with Crippen LogP contribution in [-0.2, 0) is 5.75 Å². The molecule has 1 unspecified atom stereocenters. The second-order valence-corrected chi connectivity index (χ2v) is 8.73. The smallest absolute Gasteiger partial charge is 0.252 e. The van der Waals surface area contributed by atoms with Gasteiger partial charge < -0.3 is 10.2 Å². The van der Waals surface area contributed by atoms with Crippen LogP contribution < -0.4 is 5.32 Å². The standard InChI is InChI=1S/C25H24ClN3OS/c1-29(2)23(20-7-3-5-9-22(20)26)16-28-25(30)21-8-4-6-10-24(21)31-17-19-13-11-18(15-27)12-14-19/h3-14,23H,16-17H2,1-2H3,(H,28,30). The minimum Gasteiger partial charge on any atom is -0.350 e. The van der Waals surface area contributed by atoms with Crippen LogP contribution in [0.25, 0.3) is 0 Å². The van der Waals surface area contributed by atoms with E-state index in [1.807, 2.05) is 91.8 Å². The summed E-state index contributed by atoms with van der Waals surface area (Å²) in [5.41, 5.74) is 3.38. The largest absolute Gasteiger partial charge is 0.350 e. The fourth-order valence-electron chi connectivity index (χ4n) is 3.22. The summed E-state index contributed by atoms with van der Waals surface area (Å²) in [5.74, 6) is 0.609. The van der Waals surface area contributed by atoms with Crippen molar-refractivity contribution in [2.45, 2.75) is 16.7 Å². The summed E-state index contributed by atoms with van der Waals surface area (Å²) in [6.45, 7) is 0.449. The first kappa shape index (κ1) is 22.9. The van der Waals surface area contributed by atoms with Crippen LogP contribution >= 0.6 is 23.4 Å². The van der Waals surface area contributed by atoms with Crippen molar-refractivity contribution >= 4 is 29.3 Å². The number of hydrogen-bond donors (Lipinski definition) is 1. The van der Waals surface area contributed by atoms with Crippen LogP contribution in [0.4, 0.5) is 0 Å². The third kappa shape index (κ3) is 6.11. The fourth-order valence-corrected chi connectivity index (χ4v) is 4.48. The lowest BCUT2D eigenvalue weighted by Gasteiger charge is -2.26. The number of nitrogens with one attached hydrogen (secondary N) is 1. The summed E-state index contributed by atoms with van der Waals surface area (Å²) >= 11 is 7.98. The lowest BCUT2D eigenvalue weighted by molar-refractivity contribution is 0.0939. The summed E-state index contributed by atoms with van der Waals surface area (Å²) < 4.78 is 0. The first-order valence-corrected chi connectivity index (χ1v) is 11.3. The molecule has 3 aromatic carbocycles. The molecule has 0 aliphatic carbocycles. The first-order chi connectivity index (χ1) is 15.0. The number of benzene rings is 3. The molecule has 1 atom stereocenters. The molecule has 0 bridgehead atoms. The average Bonchev–Trinajstić information content (AvgIpc) is 2.79. The number of carbonyl (C=O) groups excluding carboxylic acids is 1. The zero-order valence-electron chi connectivity index (χ0n) is 17.5. The van der Waals surface area contributed by atoms with Gasteiger partial charge in [-0.25, -0.2) is 0 Å². The van der Waals surface area contributed by atoms with Crippen LogP contribution in [-0.4, -0.2) is 31.4 Å². The Balaban J connectivity index is 1.69. The molecular formula is C25H24ClN3OS. The number of carbonyl (C=O) groups is 1. The molecule has 0 fully saturated rings. The molecule has 0 radical (unpaired) electrons. The van der Waals surface area contributed by atoms with Crippen molar-refractivity contribution in [1.82, 2.24) is 10.2 Å². The SMILES string of the molecule is CN(C)C(CNC(=O)c1ccccc1SCc1ccc(C#N)cc1)c1ccccc1Cl. The van der Waals surface area contributed by atoms with Crippen molar-refractivity contribution in [2.75, 3.05) is 20.6 Å². The van der Waals surface area contributed by atoms with Crippen molar-refractivity contribution < 1.29 is 4.79 Å². The topological polar surface area (TPSA) is 56.1 Å². The molecule has 0 heterocycles. The van der Waals surface area contributed by atoms with Crippen molar-refractivity contribution in [3.05, 3.63) is 100 Å². The van der Waals surface area contributed by atoms with Gasteiger partial charge in [0.2, 0.25) is 0 Å². The van der Waals surface area contributed by atoms with Crippen LogP contribution in [0.2, 0.25) is 5.02 Å². The molecule has 0 saturated carbocycles. The predicted molar refractivity (Wildman–Crippen MR) is 127 cm³/mol. The van der Waals surface area contributed by atoms with Crippen molar-refractivity contribution in [3.63, 3.8) is 0 Å². The molecule has 3 rings (SSSR count). The molecule has 1 amide bonds. The van der Waals surface area contributed by atoms with Gasteiger partial charge in [0.15, 0.2) is 0 Å². The van der Waals surface area contributed by atoms with Crippen molar-refractivity contribution in [3.8, 4) is 6.07 Å². The number of thioether (sulfide) groups is 1. The van der Waals surface area contributed by atoms with Gasteiger partial charge in [-0.1, -0.05) is 54.1 Å². The van der Waals surface area contributed by atoms with Crippen LogP contribution in [0.15, 0.2) is 77.7 Å². The molecule has 0 saturated heterocycles. The van der Waals surface area contributed by atoms with Crippen molar-refractivity contribution in [1.29, 1.82) is 5.26 Å². The zero-order chi connectivity index (χ0) is 22.2. The maximum atomic E-state index is 13.0. The molecule has 0 aromatic heterocycles. The van der Waals surface area contributed by atoms with E-state index in [1.54, 1.807) is 11.8 Å². The van der Waals surface area contributed by atoms with E-state index in [0.717, 1.165) is 21.8 Å². The highest BCUT2D eigenvalue weighted by atomic mass is 35.5. The Morgan fingerprint density at radius 2 is 1.74 bits per heavy atom. The van der Waals surface area contributed by atoms with Crippen LogP contribution in [0.1, 0.15) is 33.1 Å². The van der Waals surface area contributed by atoms with E-state index in [1.165, 1.54) is 0 Å². The zero-order valence-corrected chi connectivity index (χ0v) is 19.1. The minimum atomic E-state index is -0.109. The summed E-state index contributed by atoms with van der Waals surface area (Å²) in [4.78, 5) is 16.0. The average molecular weight is 450 g/mol. The Hall–Kier alpha value is -2.78. The Morgan fingerprint density at radius 1 is 1.06 bits per heavy atom. The lowest BCUT2D eigenvalue weighted by Crippen LogP contribution is -2.34. The molecule has 31 heavy (non-hydrogen) atoms. The first-order valence-electron chi connectivity index (χ1n) is 9.89. The van der Waals surface area contributed by atoms with E-state index >= 15 is 0 Å².